The third-order valence-corrected chi connectivity index (χ3v) is 5.38. The van der Waals surface area contributed by atoms with Crippen LogP contribution in [0, 0.1) is 0 Å². The Morgan fingerprint density at radius 3 is 2.53 bits per heavy atom. The maximum absolute atomic E-state index is 6.32. The molecule has 2 N–H and O–H groups in total. The summed E-state index contributed by atoms with van der Waals surface area (Å²) in [4.78, 5) is 2.44. The predicted octanol–water partition coefficient (Wildman–Crippen LogP) is 3.75. The fraction of sp³-hybridized carbons (Fsp3) is 0.647. The number of nitrogens with two attached hydrogens (primary N) is 1. The highest BCUT2D eigenvalue weighted by atomic mass is 15.1. The fourth-order valence-electron chi connectivity index (χ4n) is 3.96. The van der Waals surface area contributed by atoms with Crippen molar-refractivity contribution in [3.05, 3.63) is 29.3 Å². The van der Waals surface area contributed by atoms with Crippen LogP contribution in [0.4, 0.5) is 5.69 Å². The number of hydrogen-bond acceptors (Lipinski definition) is 2. The van der Waals surface area contributed by atoms with Crippen molar-refractivity contribution in [3.63, 3.8) is 0 Å². The highest BCUT2D eigenvalue weighted by molar-refractivity contribution is 5.55. The smallest absolute Gasteiger partial charge is 0.0369 e. The maximum atomic E-state index is 6.32. The van der Waals surface area contributed by atoms with Gasteiger partial charge in [-0.2, -0.15) is 0 Å². The van der Waals surface area contributed by atoms with E-state index in [9.17, 15) is 0 Å². The monoisotopic (exact) mass is 258 g/mol. The first-order valence-corrected chi connectivity index (χ1v) is 7.85. The van der Waals surface area contributed by atoms with Crippen molar-refractivity contribution in [1.82, 2.24) is 0 Å². The molecule has 2 aliphatic rings. The molecular weight excluding hydrogens is 232 g/mol. The molecule has 1 aromatic rings. The molecular formula is C17H26N2. The van der Waals surface area contributed by atoms with E-state index in [1.54, 1.807) is 5.56 Å². The number of benzene rings is 1. The lowest BCUT2D eigenvalue weighted by Crippen LogP contribution is -2.40. The lowest BCUT2D eigenvalue weighted by Gasteiger charge is -2.48. The van der Waals surface area contributed by atoms with E-state index in [1.165, 1.54) is 36.9 Å². The average molecular weight is 258 g/mol. The summed E-state index contributed by atoms with van der Waals surface area (Å²) in [6.07, 6.45) is 6.59. The van der Waals surface area contributed by atoms with Crippen LogP contribution in [0.15, 0.2) is 18.2 Å². The molecule has 2 aliphatic carbocycles. The van der Waals surface area contributed by atoms with Gasteiger partial charge in [0.05, 0.1) is 0 Å². The Kier molecular flexibility index (Phi) is 3.30. The van der Waals surface area contributed by atoms with Gasteiger partial charge in [0, 0.05) is 24.8 Å². The molecule has 1 saturated carbocycles. The average Bonchev–Trinajstić information content (AvgIpc) is 2.39. The van der Waals surface area contributed by atoms with Gasteiger partial charge in [-0.1, -0.05) is 12.5 Å². The molecule has 0 bridgehead atoms. The Hall–Kier alpha value is -1.02. The van der Waals surface area contributed by atoms with Crippen LogP contribution in [0.5, 0.6) is 0 Å². The van der Waals surface area contributed by atoms with Crippen LogP contribution in [0.2, 0.25) is 0 Å². The Labute approximate surface area is 117 Å². The number of fused-ring (bicyclic) bond motifs is 2. The Balaban J connectivity index is 2.03. The second-order valence-electron chi connectivity index (χ2n) is 6.22. The van der Waals surface area contributed by atoms with E-state index in [1.807, 2.05) is 0 Å². The lowest BCUT2D eigenvalue weighted by molar-refractivity contribution is 0.199. The Morgan fingerprint density at radius 1 is 1.21 bits per heavy atom. The van der Waals surface area contributed by atoms with Gasteiger partial charge in [-0.05, 0) is 68.2 Å². The van der Waals surface area contributed by atoms with Crippen LogP contribution in [0.1, 0.15) is 63.1 Å². The molecule has 1 fully saturated rings. The molecule has 0 aliphatic heterocycles. The number of hydrogen-bond donors (Lipinski definition) is 1. The molecule has 1 atom stereocenters. The van der Waals surface area contributed by atoms with Gasteiger partial charge in [0.15, 0.2) is 0 Å². The highest BCUT2D eigenvalue weighted by Crippen LogP contribution is 2.53. The second kappa shape index (κ2) is 4.82. The van der Waals surface area contributed by atoms with E-state index in [2.05, 4.69) is 36.9 Å². The molecule has 2 heteroatoms. The van der Waals surface area contributed by atoms with Crippen molar-refractivity contribution in [1.29, 1.82) is 0 Å². The molecule has 0 saturated heterocycles. The normalized spacial score (nSPS) is 23.8. The summed E-state index contributed by atoms with van der Waals surface area (Å²) in [5, 5.41) is 0. The van der Waals surface area contributed by atoms with Crippen LogP contribution in [0.25, 0.3) is 0 Å². The molecule has 104 valence electrons. The van der Waals surface area contributed by atoms with Crippen molar-refractivity contribution >= 4 is 5.69 Å². The fourth-order valence-corrected chi connectivity index (χ4v) is 3.96. The minimum absolute atomic E-state index is 0.256. The minimum atomic E-state index is 0.256. The van der Waals surface area contributed by atoms with Gasteiger partial charge < -0.3 is 10.6 Å². The van der Waals surface area contributed by atoms with Gasteiger partial charge >= 0.3 is 0 Å². The van der Waals surface area contributed by atoms with Crippen LogP contribution >= 0.6 is 0 Å². The SMILES string of the molecule is CCN(CC)c1ccc2c(c1)C1(CCC1)CCC2N. The predicted molar refractivity (Wildman–Crippen MR) is 81.7 cm³/mol. The molecule has 2 nitrogen and oxygen atoms in total. The quantitative estimate of drug-likeness (QED) is 0.894. The van der Waals surface area contributed by atoms with Crippen LogP contribution in [-0.4, -0.2) is 13.1 Å². The molecule has 0 heterocycles. The largest absolute Gasteiger partial charge is 0.372 e. The molecule has 0 amide bonds. The van der Waals surface area contributed by atoms with Gasteiger partial charge in [-0.3, -0.25) is 0 Å². The summed E-state index contributed by atoms with van der Waals surface area (Å²) in [6.45, 7) is 6.62. The molecule has 3 rings (SSSR count). The zero-order valence-electron chi connectivity index (χ0n) is 12.3. The zero-order valence-corrected chi connectivity index (χ0v) is 12.3. The third-order valence-electron chi connectivity index (χ3n) is 5.38. The van der Waals surface area contributed by atoms with Gasteiger partial charge in [-0.25, -0.2) is 0 Å². The van der Waals surface area contributed by atoms with Crippen LogP contribution in [0.3, 0.4) is 0 Å². The van der Waals surface area contributed by atoms with Gasteiger partial charge in [0.2, 0.25) is 0 Å². The summed E-state index contributed by atoms with van der Waals surface area (Å²) in [7, 11) is 0. The van der Waals surface area contributed by atoms with Crippen molar-refractivity contribution in [2.45, 2.75) is 57.4 Å². The van der Waals surface area contributed by atoms with E-state index in [0.717, 1.165) is 19.5 Å². The summed E-state index contributed by atoms with van der Waals surface area (Å²) < 4.78 is 0. The summed E-state index contributed by atoms with van der Waals surface area (Å²) in [5.74, 6) is 0. The first-order valence-electron chi connectivity index (χ1n) is 7.85. The van der Waals surface area contributed by atoms with Crippen molar-refractivity contribution < 1.29 is 0 Å². The van der Waals surface area contributed by atoms with Gasteiger partial charge in [-0.15, -0.1) is 0 Å². The van der Waals surface area contributed by atoms with Crippen molar-refractivity contribution in [2.75, 3.05) is 18.0 Å². The molecule has 1 aromatic carbocycles. The number of rotatable bonds is 3. The van der Waals surface area contributed by atoms with Crippen molar-refractivity contribution in [2.24, 2.45) is 5.73 Å². The zero-order chi connectivity index (χ0) is 13.5. The highest BCUT2D eigenvalue weighted by Gasteiger charge is 2.43. The maximum Gasteiger partial charge on any atom is 0.0369 e. The van der Waals surface area contributed by atoms with E-state index < -0.39 is 0 Å². The second-order valence-corrected chi connectivity index (χ2v) is 6.22. The molecule has 0 aromatic heterocycles. The van der Waals surface area contributed by atoms with Gasteiger partial charge in [0.25, 0.3) is 0 Å². The summed E-state index contributed by atoms with van der Waals surface area (Å²) in [6, 6.07) is 7.27. The molecule has 1 spiro atoms. The van der Waals surface area contributed by atoms with Crippen LogP contribution < -0.4 is 10.6 Å². The Morgan fingerprint density at radius 2 is 1.95 bits per heavy atom. The summed E-state index contributed by atoms with van der Waals surface area (Å²) >= 11 is 0. The summed E-state index contributed by atoms with van der Waals surface area (Å²) in [5.41, 5.74) is 11.2. The first kappa shape index (κ1) is 13.0. The van der Waals surface area contributed by atoms with Crippen molar-refractivity contribution in [3.8, 4) is 0 Å². The van der Waals surface area contributed by atoms with Crippen LogP contribution in [-0.2, 0) is 5.41 Å². The van der Waals surface area contributed by atoms with Gasteiger partial charge in [0.1, 0.15) is 0 Å². The lowest BCUT2D eigenvalue weighted by atomic mass is 9.57. The Bertz CT molecular complexity index is 458. The first-order chi connectivity index (χ1) is 9.20. The number of anilines is 1. The van der Waals surface area contributed by atoms with E-state index in [-0.39, 0.29) is 6.04 Å². The topological polar surface area (TPSA) is 29.3 Å². The van der Waals surface area contributed by atoms with E-state index in [4.69, 9.17) is 5.73 Å². The molecule has 0 radical (unpaired) electrons. The molecule has 1 unspecified atom stereocenters. The van der Waals surface area contributed by atoms with E-state index in [0.29, 0.717) is 5.41 Å². The van der Waals surface area contributed by atoms with E-state index >= 15 is 0 Å². The molecule has 19 heavy (non-hydrogen) atoms. The third kappa shape index (κ3) is 1.97. The minimum Gasteiger partial charge on any atom is -0.372 e. The number of nitrogens with zero attached hydrogens (tertiary/aromatic N) is 1. The standard InChI is InChI=1S/C17H26N2/c1-3-19(4-2)13-6-7-14-15(12-13)17(9-5-10-17)11-8-16(14)18/h6-7,12,16H,3-5,8-11,18H2,1-2H3.